The smallest absolute Gasteiger partial charge is 0.248 e. The van der Waals surface area contributed by atoms with Crippen molar-refractivity contribution in [3.8, 4) is 0 Å². The van der Waals surface area contributed by atoms with Crippen LogP contribution in [0.3, 0.4) is 0 Å². The summed E-state index contributed by atoms with van der Waals surface area (Å²) in [6.45, 7) is 9.63. The molecule has 0 atom stereocenters. The van der Waals surface area contributed by atoms with E-state index in [0.29, 0.717) is 5.70 Å². The molecule has 2 heteroatoms. The zero-order valence-corrected chi connectivity index (χ0v) is 9.00. The van der Waals surface area contributed by atoms with Crippen molar-refractivity contribution in [2.45, 2.75) is 20.8 Å². The van der Waals surface area contributed by atoms with Crippen LogP contribution in [0.4, 0.5) is 0 Å². The van der Waals surface area contributed by atoms with Gasteiger partial charge in [0.1, 0.15) is 0 Å². The molecule has 0 saturated heterocycles. The summed E-state index contributed by atoms with van der Waals surface area (Å²) in [6, 6.07) is 0. The molecular weight excluding hydrogens is 174 g/mol. The normalized spacial score (nSPS) is 15.5. The molecule has 1 N–H and O–H groups in total. The van der Waals surface area contributed by atoms with Gasteiger partial charge in [0.05, 0.1) is 0 Å². The molecule has 0 aromatic heterocycles. The molecule has 2 nitrogen and oxygen atoms in total. The second-order valence-electron chi connectivity index (χ2n) is 2.88. The Balaban J connectivity index is 0.000000241. The minimum atomic E-state index is -0.0787. The van der Waals surface area contributed by atoms with E-state index in [1.54, 1.807) is 6.08 Å². The fourth-order valence-corrected chi connectivity index (χ4v) is 0.777. The molecule has 1 aliphatic heterocycles. The SMILES string of the molecule is C/C=C\C(C)=C/C.C=C1C=CC(=O)N1. The highest BCUT2D eigenvalue weighted by molar-refractivity contribution is 5.92. The third-order valence-electron chi connectivity index (χ3n) is 1.60. The van der Waals surface area contributed by atoms with E-state index in [-0.39, 0.29) is 5.91 Å². The van der Waals surface area contributed by atoms with E-state index in [4.69, 9.17) is 0 Å². The van der Waals surface area contributed by atoms with Crippen molar-refractivity contribution in [2.75, 3.05) is 0 Å². The van der Waals surface area contributed by atoms with E-state index in [0.717, 1.165) is 0 Å². The van der Waals surface area contributed by atoms with Crippen LogP contribution in [-0.2, 0) is 4.79 Å². The minimum absolute atomic E-state index is 0.0787. The Hall–Kier alpha value is -1.57. The molecule has 1 amide bonds. The molecule has 0 aliphatic carbocycles. The van der Waals surface area contributed by atoms with Crippen molar-refractivity contribution in [1.82, 2.24) is 5.32 Å². The van der Waals surface area contributed by atoms with Crippen LogP contribution in [0.1, 0.15) is 20.8 Å². The molecule has 1 heterocycles. The van der Waals surface area contributed by atoms with Crippen LogP contribution < -0.4 is 5.32 Å². The lowest BCUT2D eigenvalue weighted by Gasteiger charge is -1.86. The summed E-state index contributed by atoms with van der Waals surface area (Å²) in [7, 11) is 0. The molecule has 14 heavy (non-hydrogen) atoms. The third-order valence-corrected chi connectivity index (χ3v) is 1.60. The Labute approximate surface area is 85.7 Å². The monoisotopic (exact) mass is 191 g/mol. The van der Waals surface area contributed by atoms with E-state index in [9.17, 15) is 4.79 Å². The van der Waals surface area contributed by atoms with Gasteiger partial charge >= 0.3 is 0 Å². The van der Waals surface area contributed by atoms with Crippen molar-refractivity contribution >= 4 is 5.91 Å². The van der Waals surface area contributed by atoms with Gasteiger partial charge in [-0.2, -0.15) is 0 Å². The number of hydrogen-bond acceptors (Lipinski definition) is 1. The Bertz CT molecular complexity index is 279. The van der Waals surface area contributed by atoms with Crippen molar-refractivity contribution in [2.24, 2.45) is 0 Å². The molecule has 0 aromatic rings. The number of nitrogens with one attached hydrogen (secondary N) is 1. The van der Waals surface area contributed by atoms with Gasteiger partial charge in [0.2, 0.25) is 5.91 Å². The van der Waals surface area contributed by atoms with Gasteiger partial charge in [-0.15, -0.1) is 0 Å². The number of carbonyl (C=O) groups is 1. The van der Waals surface area contributed by atoms with Gasteiger partial charge in [-0.3, -0.25) is 4.79 Å². The van der Waals surface area contributed by atoms with Gasteiger partial charge in [0, 0.05) is 11.8 Å². The van der Waals surface area contributed by atoms with Crippen molar-refractivity contribution < 1.29 is 4.79 Å². The van der Waals surface area contributed by atoms with Crippen molar-refractivity contribution in [3.63, 3.8) is 0 Å². The number of carbonyl (C=O) groups excluding carboxylic acids is 1. The zero-order valence-electron chi connectivity index (χ0n) is 9.00. The zero-order chi connectivity index (χ0) is 11.0. The lowest BCUT2D eigenvalue weighted by molar-refractivity contribution is -0.115. The van der Waals surface area contributed by atoms with E-state index < -0.39 is 0 Å². The Morgan fingerprint density at radius 2 is 2.07 bits per heavy atom. The van der Waals surface area contributed by atoms with E-state index in [1.807, 2.05) is 19.9 Å². The van der Waals surface area contributed by atoms with Crippen LogP contribution in [0.5, 0.6) is 0 Å². The first-order chi connectivity index (χ1) is 6.60. The largest absolute Gasteiger partial charge is 0.323 e. The molecule has 0 fully saturated rings. The first-order valence-corrected chi connectivity index (χ1v) is 4.53. The van der Waals surface area contributed by atoms with Crippen LogP contribution in [0, 0.1) is 0 Å². The van der Waals surface area contributed by atoms with Crippen LogP contribution in [0.15, 0.2) is 48.2 Å². The molecule has 1 aliphatic rings. The van der Waals surface area contributed by atoms with E-state index in [1.165, 1.54) is 11.6 Å². The maximum Gasteiger partial charge on any atom is 0.248 e. The standard InChI is InChI=1S/C7H12.C5H5NO/c1-4-6-7(3)5-2;1-4-2-3-5(7)6-4/h4-6H,1-3H3;2-3H,1H2,(H,6,7)/b6-4-,7-5-;. The molecule has 76 valence electrons. The number of hydrogen-bond donors (Lipinski definition) is 1. The van der Waals surface area contributed by atoms with Crippen LogP contribution in [0.25, 0.3) is 0 Å². The number of rotatable bonds is 1. The summed E-state index contributed by atoms with van der Waals surface area (Å²) in [4.78, 5) is 10.2. The van der Waals surface area contributed by atoms with Gasteiger partial charge < -0.3 is 5.32 Å². The summed E-state index contributed by atoms with van der Waals surface area (Å²) >= 11 is 0. The quantitative estimate of drug-likeness (QED) is 0.634. The summed E-state index contributed by atoms with van der Waals surface area (Å²) in [6.07, 6.45) is 9.29. The molecule has 0 saturated carbocycles. The lowest BCUT2D eigenvalue weighted by atomic mass is 10.3. The average molecular weight is 191 g/mol. The summed E-state index contributed by atoms with van der Waals surface area (Å²) in [5.41, 5.74) is 1.99. The molecular formula is C12H17NO. The highest BCUT2D eigenvalue weighted by Crippen LogP contribution is 1.94. The molecule has 0 radical (unpaired) electrons. The first-order valence-electron chi connectivity index (χ1n) is 4.53. The van der Waals surface area contributed by atoms with Crippen LogP contribution in [0.2, 0.25) is 0 Å². The minimum Gasteiger partial charge on any atom is -0.323 e. The van der Waals surface area contributed by atoms with E-state index in [2.05, 4.69) is 31.0 Å². The second-order valence-corrected chi connectivity index (χ2v) is 2.88. The fraction of sp³-hybridized carbons (Fsp3) is 0.250. The maximum absolute atomic E-state index is 10.2. The first kappa shape index (κ1) is 12.4. The van der Waals surface area contributed by atoms with Gasteiger partial charge in [-0.25, -0.2) is 0 Å². The molecule has 1 rings (SSSR count). The highest BCUT2D eigenvalue weighted by Gasteiger charge is 2.01. The van der Waals surface area contributed by atoms with Gasteiger partial charge in [-0.05, 0) is 26.8 Å². The van der Waals surface area contributed by atoms with Crippen molar-refractivity contribution in [3.05, 3.63) is 48.2 Å². The summed E-state index contributed by atoms with van der Waals surface area (Å²) in [5.74, 6) is -0.0787. The molecule has 0 aromatic carbocycles. The molecule has 0 bridgehead atoms. The lowest BCUT2D eigenvalue weighted by Crippen LogP contribution is -2.11. The summed E-state index contributed by atoms with van der Waals surface area (Å²) < 4.78 is 0. The predicted octanol–water partition coefficient (Wildman–Crippen LogP) is 2.71. The second kappa shape index (κ2) is 6.89. The number of amides is 1. The Morgan fingerprint density at radius 1 is 1.43 bits per heavy atom. The van der Waals surface area contributed by atoms with Gasteiger partial charge in [0.15, 0.2) is 0 Å². The predicted molar refractivity (Wildman–Crippen MR) is 60.7 cm³/mol. The number of allylic oxidation sites excluding steroid dienone is 5. The molecule has 0 spiro atoms. The average Bonchev–Trinajstić information content (AvgIpc) is 2.51. The fourth-order valence-electron chi connectivity index (χ4n) is 0.777. The highest BCUT2D eigenvalue weighted by atomic mass is 16.1. The van der Waals surface area contributed by atoms with Crippen LogP contribution >= 0.6 is 0 Å². The van der Waals surface area contributed by atoms with Gasteiger partial charge in [0.25, 0.3) is 0 Å². The van der Waals surface area contributed by atoms with Crippen LogP contribution in [-0.4, -0.2) is 5.91 Å². The summed E-state index contributed by atoms with van der Waals surface area (Å²) in [5, 5.41) is 2.47. The maximum atomic E-state index is 10.2. The Morgan fingerprint density at radius 3 is 2.21 bits per heavy atom. The van der Waals surface area contributed by atoms with Crippen molar-refractivity contribution in [1.29, 1.82) is 0 Å². The topological polar surface area (TPSA) is 29.1 Å². The van der Waals surface area contributed by atoms with Gasteiger partial charge in [-0.1, -0.05) is 30.4 Å². The molecule has 0 unspecified atom stereocenters. The van der Waals surface area contributed by atoms with E-state index >= 15 is 0 Å². The Kier molecular flexibility index (Phi) is 6.12. The third kappa shape index (κ3) is 6.00.